The Morgan fingerprint density at radius 1 is 1.41 bits per heavy atom. The smallest absolute Gasteiger partial charge is 0.190 e. The summed E-state index contributed by atoms with van der Waals surface area (Å²) >= 11 is 9.58. The molecular weight excluding hydrogens is 272 g/mol. The highest BCUT2D eigenvalue weighted by molar-refractivity contribution is 7.99. The van der Waals surface area contributed by atoms with E-state index >= 15 is 0 Å². The molecule has 5 heteroatoms. The number of rotatable bonds is 4. The van der Waals surface area contributed by atoms with E-state index in [9.17, 15) is 0 Å². The van der Waals surface area contributed by atoms with Gasteiger partial charge in [0.1, 0.15) is 9.98 Å². The first-order valence-electron chi connectivity index (χ1n) is 5.72. The Bertz CT molecular complexity index is 522. The average Bonchev–Trinajstić information content (AvgIpc) is 2.60. The van der Waals surface area contributed by atoms with Gasteiger partial charge in [0.2, 0.25) is 0 Å². The number of halogens is 1. The molecule has 0 aliphatic carbocycles. The number of aromatic nitrogens is 2. The molecule has 0 spiro atoms. The van der Waals surface area contributed by atoms with Gasteiger partial charge < -0.3 is 0 Å². The molecule has 0 unspecified atom stereocenters. The first-order chi connectivity index (χ1) is 8.10. The van der Waals surface area contributed by atoms with Gasteiger partial charge in [0.05, 0.1) is 0 Å². The van der Waals surface area contributed by atoms with E-state index in [4.69, 9.17) is 11.6 Å². The van der Waals surface area contributed by atoms with Gasteiger partial charge >= 0.3 is 0 Å². The number of hydrogen-bond donors (Lipinski definition) is 0. The second-order valence-corrected chi connectivity index (χ2v) is 7.16. The maximum atomic E-state index is 6.20. The van der Waals surface area contributed by atoms with Crippen LogP contribution in [0.25, 0.3) is 10.2 Å². The highest BCUT2D eigenvalue weighted by atomic mass is 35.5. The lowest BCUT2D eigenvalue weighted by atomic mass is 10.3. The van der Waals surface area contributed by atoms with Gasteiger partial charge in [0, 0.05) is 15.5 Å². The molecule has 2 aromatic heterocycles. The SMILES string of the molecule is CCCc1cc2c(Cl)nc(SC(C)C)nc2s1. The third-order valence-electron chi connectivity index (χ3n) is 2.21. The number of nitrogens with zero attached hydrogens (tertiary/aromatic N) is 2. The molecule has 2 aromatic rings. The number of fused-ring (bicyclic) bond motifs is 1. The Hall–Kier alpha value is -0.320. The molecule has 0 aromatic carbocycles. The van der Waals surface area contributed by atoms with Crippen LogP contribution in [0.1, 0.15) is 32.1 Å². The molecular formula is C12H15ClN2S2. The molecule has 0 radical (unpaired) electrons. The minimum Gasteiger partial charge on any atom is -0.211 e. The van der Waals surface area contributed by atoms with Crippen molar-refractivity contribution >= 4 is 44.9 Å². The summed E-state index contributed by atoms with van der Waals surface area (Å²) in [7, 11) is 0. The lowest BCUT2D eigenvalue weighted by Crippen LogP contribution is -1.92. The Morgan fingerprint density at radius 3 is 2.82 bits per heavy atom. The van der Waals surface area contributed by atoms with Gasteiger partial charge in [-0.1, -0.05) is 50.6 Å². The average molecular weight is 287 g/mol. The summed E-state index contributed by atoms with van der Waals surface area (Å²) in [5.74, 6) is 0. The van der Waals surface area contributed by atoms with Crippen LogP contribution in [0, 0.1) is 0 Å². The molecule has 2 rings (SSSR count). The first-order valence-corrected chi connectivity index (χ1v) is 7.80. The van der Waals surface area contributed by atoms with Gasteiger partial charge in [-0.15, -0.1) is 11.3 Å². The zero-order valence-electron chi connectivity index (χ0n) is 10.2. The largest absolute Gasteiger partial charge is 0.211 e. The van der Waals surface area contributed by atoms with Crippen LogP contribution in [-0.4, -0.2) is 15.2 Å². The molecule has 2 nitrogen and oxygen atoms in total. The number of hydrogen-bond acceptors (Lipinski definition) is 4. The predicted octanol–water partition coefficient (Wildman–Crippen LogP) is 4.80. The Balaban J connectivity index is 2.42. The molecule has 17 heavy (non-hydrogen) atoms. The first kappa shape index (κ1) is 13.1. The maximum Gasteiger partial charge on any atom is 0.190 e. The molecule has 0 saturated carbocycles. The molecule has 0 amide bonds. The molecule has 0 aliphatic rings. The van der Waals surface area contributed by atoms with Gasteiger partial charge in [-0.3, -0.25) is 0 Å². The van der Waals surface area contributed by atoms with Crippen molar-refractivity contribution in [3.8, 4) is 0 Å². The summed E-state index contributed by atoms with van der Waals surface area (Å²) in [5, 5.41) is 2.82. The Morgan fingerprint density at radius 2 is 2.18 bits per heavy atom. The maximum absolute atomic E-state index is 6.20. The van der Waals surface area contributed by atoms with Crippen molar-refractivity contribution < 1.29 is 0 Å². The van der Waals surface area contributed by atoms with Gasteiger partial charge in [0.15, 0.2) is 5.16 Å². The van der Waals surface area contributed by atoms with Crippen LogP contribution < -0.4 is 0 Å². The molecule has 0 fully saturated rings. The van der Waals surface area contributed by atoms with Crippen LogP contribution >= 0.6 is 34.7 Å². The van der Waals surface area contributed by atoms with Gasteiger partial charge in [-0.25, -0.2) is 9.97 Å². The van der Waals surface area contributed by atoms with Crippen LogP contribution in [0.15, 0.2) is 11.2 Å². The third kappa shape index (κ3) is 3.12. The van der Waals surface area contributed by atoms with Crippen LogP contribution in [0.2, 0.25) is 5.15 Å². The minimum absolute atomic E-state index is 0.471. The van der Waals surface area contributed by atoms with Crippen molar-refractivity contribution in [3.05, 3.63) is 16.1 Å². The van der Waals surface area contributed by atoms with E-state index in [0.717, 1.165) is 28.2 Å². The fraction of sp³-hybridized carbons (Fsp3) is 0.500. The molecule has 0 aliphatic heterocycles. The van der Waals surface area contributed by atoms with Gasteiger partial charge in [-0.2, -0.15) is 0 Å². The van der Waals surface area contributed by atoms with E-state index in [1.807, 2.05) is 0 Å². The van der Waals surface area contributed by atoms with E-state index in [-0.39, 0.29) is 0 Å². The predicted molar refractivity (Wildman–Crippen MR) is 77.4 cm³/mol. The monoisotopic (exact) mass is 286 g/mol. The summed E-state index contributed by atoms with van der Waals surface area (Å²) in [6, 6.07) is 2.12. The van der Waals surface area contributed by atoms with E-state index in [2.05, 4.69) is 36.8 Å². The zero-order chi connectivity index (χ0) is 12.4. The highest BCUT2D eigenvalue weighted by Gasteiger charge is 2.11. The van der Waals surface area contributed by atoms with Crippen LogP contribution in [0.3, 0.4) is 0 Å². The van der Waals surface area contributed by atoms with Crippen LogP contribution in [-0.2, 0) is 6.42 Å². The fourth-order valence-corrected chi connectivity index (χ4v) is 3.78. The van der Waals surface area contributed by atoms with Crippen LogP contribution in [0.5, 0.6) is 0 Å². The topological polar surface area (TPSA) is 25.8 Å². The molecule has 0 N–H and O–H groups in total. The van der Waals surface area contributed by atoms with E-state index < -0.39 is 0 Å². The second-order valence-electron chi connectivity index (χ2n) is 4.15. The zero-order valence-corrected chi connectivity index (χ0v) is 12.5. The quantitative estimate of drug-likeness (QED) is 0.459. The Labute approximate surface area is 115 Å². The molecule has 92 valence electrons. The van der Waals surface area contributed by atoms with Crippen LogP contribution in [0.4, 0.5) is 0 Å². The van der Waals surface area contributed by atoms with Crippen molar-refractivity contribution in [2.24, 2.45) is 0 Å². The number of thiophene rings is 1. The number of aryl methyl sites for hydroxylation is 1. The van der Waals surface area contributed by atoms with Gasteiger partial charge in [0.25, 0.3) is 0 Å². The minimum atomic E-state index is 0.471. The second kappa shape index (κ2) is 5.55. The lowest BCUT2D eigenvalue weighted by molar-refractivity contribution is 0.940. The third-order valence-corrected chi connectivity index (χ3v) is 4.46. The number of thioether (sulfide) groups is 1. The summed E-state index contributed by atoms with van der Waals surface area (Å²) in [6.07, 6.45) is 2.23. The normalized spacial score (nSPS) is 11.6. The van der Waals surface area contributed by atoms with E-state index in [0.29, 0.717) is 10.4 Å². The molecule has 0 atom stereocenters. The molecule has 0 saturated heterocycles. The van der Waals surface area contributed by atoms with E-state index in [1.54, 1.807) is 23.1 Å². The van der Waals surface area contributed by atoms with Crippen molar-refractivity contribution in [1.82, 2.24) is 9.97 Å². The summed E-state index contributed by atoms with van der Waals surface area (Å²) in [5.41, 5.74) is 0. The standard InChI is InChI=1S/C12H15ClN2S2/c1-4-5-8-6-9-10(13)14-12(16-7(2)3)15-11(9)17-8/h6-7H,4-5H2,1-3H3. The van der Waals surface area contributed by atoms with E-state index in [1.165, 1.54) is 4.88 Å². The highest BCUT2D eigenvalue weighted by Crippen LogP contribution is 2.32. The molecule has 0 bridgehead atoms. The Kier molecular flexibility index (Phi) is 4.28. The molecule has 2 heterocycles. The van der Waals surface area contributed by atoms with Crippen molar-refractivity contribution in [1.29, 1.82) is 0 Å². The van der Waals surface area contributed by atoms with Crippen molar-refractivity contribution in [2.75, 3.05) is 0 Å². The summed E-state index contributed by atoms with van der Waals surface area (Å²) in [6.45, 7) is 6.43. The van der Waals surface area contributed by atoms with Gasteiger partial charge in [-0.05, 0) is 12.5 Å². The lowest BCUT2D eigenvalue weighted by Gasteiger charge is -2.03. The summed E-state index contributed by atoms with van der Waals surface area (Å²) < 4.78 is 0. The summed E-state index contributed by atoms with van der Waals surface area (Å²) in [4.78, 5) is 11.3. The van der Waals surface area contributed by atoms with Crippen molar-refractivity contribution in [3.63, 3.8) is 0 Å². The van der Waals surface area contributed by atoms with Crippen molar-refractivity contribution in [2.45, 2.75) is 44.0 Å². The fourth-order valence-electron chi connectivity index (χ4n) is 1.55.